The van der Waals surface area contributed by atoms with Gasteiger partial charge in [-0.1, -0.05) is 6.07 Å². The van der Waals surface area contributed by atoms with Crippen molar-refractivity contribution in [2.45, 2.75) is 32.2 Å². The first-order valence-corrected chi connectivity index (χ1v) is 7.96. The van der Waals surface area contributed by atoms with Crippen molar-refractivity contribution in [3.05, 3.63) is 46.0 Å². The first kappa shape index (κ1) is 13.6. The number of aromatic nitrogens is 3. The monoisotopic (exact) mass is 305 g/mol. The molecule has 0 aliphatic rings. The van der Waals surface area contributed by atoms with Crippen molar-refractivity contribution in [1.82, 2.24) is 14.5 Å². The molecule has 0 radical (unpaired) electrons. The zero-order valence-corrected chi connectivity index (χ0v) is 13.1. The molecule has 0 fully saturated rings. The summed E-state index contributed by atoms with van der Waals surface area (Å²) in [7, 11) is 0. The minimum absolute atomic E-state index is 0.119. The number of hydrogen-bond acceptors (Lipinski definition) is 3. The Morgan fingerprint density at radius 3 is 2.95 bits per heavy atom. The maximum Gasteiger partial charge on any atom is 0.160 e. The summed E-state index contributed by atoms with van der Waals surface area (Å²) in [5, 5.41) is 1.99. The van der Waals surface area contributed by atoms with Crippen LogP contribution in [-0.2, 0) is 13.0 Å². The van der Waals surface area contributed by atoms with Gasteiger partial charge in [0.05, 0.1) is 5.38 Å². The molecular weight excluding hydrogens is 290 g/mol. The van der Waals surface area contributed by atoms with Crippen molar-refractivity contribution in [2.24, 2.45) is 0 Å². The molecule has 1 atom stereocenters. The lowest BCUT2D eigenvalue weighted by molar-refractivity contribution is 0.667. The number of hydrogen-bond donors (Lipinski definition) is 0. The number of aryl methyl sites for hydroxylation is 3. The third kappa shape index (κ3) is 2.45. The molecule has 3 heterocycles. The second-order valence-electron chi connectivity index (χ2n) is 4.87. The van der Waals surface area contributed by atoms with Gasteiger partial charge in [0.2, 0.25) is 0 Å². The Labute approximate surface area is 127 Å². The molecule has 0 aromatic carbocycles. The van der Waals surface area contributed by atoms with Crippen molar-refractivity contribution >= 4 is 34.1 Å². The van der Waals surface area contributed by atoms with Crippen molar-refractivity contribution in [3.8, 4) is 0 Å². The average molecular weight is 306 g/mol. The molecule has 3 rings (SSSR count). The van der Waals surface area contributed by atoms with Crippen LogP contribution in [0.5, 0.6) is 0 Å². The average Bonchev–Trinajstić information content (AvgIpc) is 3.03. The maximum absolute atomic E-state index is 6.28. The zero-order chi connectivity index (χ0) is 14.1. The van der Waals surface area contributed by atoms with Gasteiger partial charge in [-0.25, -0.2) is 9.97 Å². The number of halogens is 1. The highest BCUT2D eigenvalue weighted by molar-refractivity contribution is 7.09. The lowest BCUT2D eigenvalue weighted by Crippen LogP contribution is -2.07. The summed E-state index contributed by atoms with van der Waals surface area (Å²) in [6.07, 6.45) is 2.82. The van der Waals surface area contributed by atoms with E-state index < -0.39 is 0 Å². The minimum Gasteiger partial charge on any atom is -0.311 e. The number of rotatable bonds is 4. The van der Waals surface area contributed by atoms with Crippen LogP contribution in [0.15, 0.2) is 29.8 Å². The molecule has 3 nitrogen and oxygen atoms in total. The molecular formula is C15H16ClN3S. The van der Waals surface area contributed by atoms with Crippen LogP contribution >= 0.6 is 22.9 Å². The van der Waals surface area contributed by atoms with E-state index >= 15 is 0 Å². The van der Waals surface area contributed by atoms with Crippen LogP contribution in [0.1, 0.15) is 28.6 Å². The molecule has 3 aromatic rings. The van der Waals surface area contributed by atoms with E-state index in [1.54, 1.807) is 11.3 Å². The lowest BCUT2D eigenvalue weighted by atomic mass is 10.3. The summed E-state index contributed by atoms with van der Waals surface area (Å²) < 4.78 is 2.15. The van der Waals surface area contributed by atoms with Gasteiger partial charge in [-0.05, 0) is 43.3 Å². The Morgan fingerprint density at radius 1 is 1.40 bits per heavy atom. The Bertz CT molecular complexity index is 716. The minimum atomic E-state index is -0.119. The molecule has 0 amide bonds. The standard InChI is InChI=1S/C15H16ClN3S/c1-10-5-7-17-15-13(10)18-14(11(2)16)19(15)8-6-12-4-3-9-20-12/h3-5,7,9,11H,6,8H2,1-2H3. The fraction of sp³-hybridized carbons (Fsp3) is 0.333. The quantitative estimate of drug-likeness (QED) is 0.671. The van der Waals surface area contributed by atoms with Crippen LogP contribution in [0.4, 0.5) is 0 Å². The third-order valence-electron chi connectivity index (χ3n) is 3.38. The molecule has 0 saturated carbocycles. The van der Waals surface area contributed by atoms with Gasteiger partial charge in [-0.15, -0.1) is 22.9 Å². The predicted molar refractivity (Wildman–Crippen MR) is 84.6 cm³/mol. The van der Waals surface area contributed by atoms with Crippen LogP contribution in [0.2, 0.25) is 0 Å². The van der Waals surface area contributed by atoms with Gasteiger partial charge < -0.3 is 4.57 Å². The second kappa shape index (κ2) is 5.54. The van der Waals surface area contributed by atoms with Crippen molar-refractivity contribution in [3.63, 3.8) is 0 Å². The van der Waals surface area contributed by atoms with Gasteiger partial charge in [-0.2, -0.15) is 0 Å². The molecule has 0 saturated heterocycles. The van der Waals surface area contributed by atoms with Crippen LogP contribution in [0, 0.1) is 6.92 Å². The first-order chi connectivity index (χ1) is 9.66. The number of nitrogens with zero attached hydrogens (tertiary/aromatic N) is 3. The fourth-order valence-corrected chi connectivity index (χ4v) is 3.22. The van der Waals surface area contributed by atoms with Crippen molar-refractivity contribution < 1.29 is 0 Å². The summed E-state index contributed by atoms with van der Waals surface area (Å²) in [4.78, 5) is 10.5. The van der Waals surface area contributed by atoms with Crippen LogP contribution in [0.3, 0.4) is 0 Å². The zero-order valence-electron chi connectivity index (χ0n) is 11.5. The number of imidazole rings is 1. The Kier molecular flexibility index (Phi) is 3.76. The van der Waals surface area contributed by atoms with E-state index in [0.29, 0.717) is 0 Å². The van der Waals surface area contributed by atoms with Gasteiger partial charge in [0.1, 0.15) is 11.3 Å². The first-order valence-electron chi connectivity index (χ1n) is 6.65. The van der Waals surface area contributed by atoms with Gasteiger partial charge in [0.25, 0.3) is 0 Å². The smallest absolute Gasteiger partial charge is 0.160 e. The molecule has 1 unspecified atom stereocenters. The molecule has 0 aliphatic heterocycles. The third-order valence-corrected chi connectivity index (χ3v) is 4.51. The number of thiophene rings is 1. The summed E-state index contributed by atoms with van der Waals surface area (Å²) in [6, 6.07) is 6.23. The van der Waals surface area contributed by atoms with E-state index in [0.717, 1.165) is 35.5 Å². The van der Waals surface area contributed by atoms with E-state index in [4.69, 9.17) is 11.6 Å². The summed E-state index contributed by atoms with van der Waals surface area (Å²) in [5.74, 6) is 0.903. The molecule has 0 aliphatic carbocycles. The van der Waals surface area contributed by atoms with Crippen LogP contribution in [0.25, 0.3) is 11.2 Å². The van der Waals surface area contributed by atoms with Crippen LogP contribution < -0.4 is 0 Å². The number of alkyl halides is 1. The van der Waals surface area contributed by atoms with Gasteiger partial charge in [-0.3, -0.25) is 0 Å². The highest BCUT2D eigenvalue weighted by atomic mass is 35.5. The highest BCUT2D eigenvalue weighted by Gasteiger charge is 2.16. The lowest BCUT2D eigenvalue weighted by Gasteiger charge is -2.09. The molecule has 0 bridgehead atoms. The molecule has 3 aromatic heterocycles. The summed E-state index contributed by atoms with van der Waals surface area (Å²) >= 11 is 8.06. The molecule has 0 N–H and O–H groups in total. The fourth-order valence-electron chi connectivity index (χ4n) is 2.36. The van der Waals surface area contributed by atoms with Crippen molar-refractivity contribution in [2.75, 3.05) is 0 Å². The second-order valence-corrected chi connectivity index (χ2v) is 6.55. The van der Waals surface area contributed by atoms with E-state index in [1.807, 2.05) is 19.2 Å². The number of pyridine rings is 1. The largest absolute Gasteiger partial charge is 0.311 e. The number of fused-ring (bicyclic) bond motifs is 1. The normalized spacial score (nSPS) is 12.9. The predicted octanol–water partition coefficient (Wildman–Crippen LogP) is 4.34. The van der Waals surface area contributed by atoms with E-state index in [-0.39, 0.29) is 5.38 Å². The Balaban J connectivity index is 2.02. The van der Waals surface area contributed by atoms with Crippen LogP contribution in [-0.4, -0.2) is 14.5 Å². The highest BCUT2D eigenvalue weighted by Crippen LogP contribution is 2.25. The Hall–Kier alpha value is -1.39. The topological polar surface area (TPSA) is 30.7 Å². The van der Waals surface area contributed by atoms with E-state index in [9.17, 15) is 0 Å². The summed E-state index contributed by atoms with van der Waals surface area (Å²) in [5.41, 5.74) is 3.04. The van der Waals surface area contributed by atoms with Gasteiger partial charge in [0.15, 0.2) is 5.65 Å². The van der Waals surface area contributed by atoms with Crippen molar-refractivity contribution in [1.29, 1.82) is 0 Å². The summed E-state index contributed by atoms with van der Waals surface area (Å²) in [6.45, 7) is 4.88. The van der Waals surface area contributed by atoms with Gasteiger partial charge in [0, 0.05) is 17.6 Å². The van der Waals surface area contributed by atoms with Gasteiger partial charge >= 0.3 is 0 Å². The van der Waals surface area contributed by atoms with E-state index in [2.05, 4.69) is 39.0 Å². The molecule has 104 valence electrons. The molecule has 5 heteroatoms. The molecule has 20 heavy (non-hydrogen) atoms. The van der Waals surface area contributed by atoms with E-state index in [1.165, 1.54) is 4.88 Å². The molecule has 0 spiro atoms. The SMILES string of the molecule is Cc1ccnc2c1nc(C(C)Cl)n2CCc1cccs1. The maximum atomic E-state index is 6.28. The Morgan fingerprint density at radius 2 is 2.25 bits per heavy atom.